The molecule has 6 rings (SSSR count). The lowest BCUT2D eigenvalue weighted by molar-refractivity contribution is -0.124. The van der Waals surface area contributed by atoms with Crippen LogP contribution < -0.4 is 5.32 Å². The average molecular weight is 533 g/mol. The summed E-state index contributed by atoms with van der Waals surface area (Å²) in [5, 5.41) is 13.3. The van der Waals surface area contributed by atoms with Crippen molar-refractivity contribution in [2.24, 2.45) is 0 Å². The van der Waals surface area contributed by atoms with Crippen LogP contribution in [0, 0.1) is 11.3 Å². The highest BCUT2D eigenvalue weighted by Crippen LogP contribution is 2.44. The third kappa shape index (κ3) is 4.47. The Hall–Kier alpha value is -4.74. The number of fused-ring (bicyclic) bond motifs is 4. The van der Waals surface area contributed by atoms with Crippen LogP contribution in [-0.4, -0.2) is 27.9 Å². The van der Waals surface area contributed by atoms with Crippen LogP contribution in [0.2, 0.25) is 0 Å². The molecule has 0 bridgehead atoms. The summed E-state index contributed by atoms with van der Waals surface area (Å²) in [6.45, 7) is 1.78. The van der Waals surface area contributed by atoms with Gasteiger partial charge >= 0.3 is 5.97 Å². The average Bonchev–Trinajstić information content (AvgIpc) is 3.56. The molecule has 0 spiro atoms. The number of ether oxygens (including phenoxy) is 1. The third-order valence-corrected chi connectivity index (χ3v) is 8.15. The number of H-pyrrole nitrogens is 1. The van der Waals surface area contributed by atoms with Crippen LogP contribution in [-0.2, 0) is 22.4 Å². The Morgan fingerprint density at radius 1 is 1.05 bits per heavy atom. The van der Waals surface area contributed by atoms with Crippen LogP contribution in [0.4, 0.5) is 5.00 Å². The molecule has 0 fully saturated rings. The number of esters is 1. The fraction of sp³-hybridized carbons (Fsp3) is 0.161. The zero-order chi connectivity index (χ0) is 26.9. The number of hydrogen-bond acceptors (Lipinski definition) is 6. The minimum Gasteiger partial charge on any atom is -0.449 e. The van der Waals surface area contributed by atoms with Crippen molar-refractivity contribution in [2.45, 2.75) is 32.3 Å². The number of anilines is 1. The van der Waals surface area contributed by atoms with Gasteiger partial charge in [-0.05, 0) is 54.2 Å². The first-order valence-electron chi connectivity index (χ1n) is 12.8. The number of nitrogens with one attached hydrogen (secondary N) is 2. The summed E-state index contributed by atoms with van der Waals surface area (Å²) in [6, 6.07) is 25.1. The van der Waals surface area contributed by atoms with E-state index in [2.05, 4.69) is 27.4 Å². The smallest absolute Gasteiger partial charge is 0.339 e. The van der Waals surface area contributed by atoms with Crippen LogP contribution in [0.5, 0.6) is 0 Å². The Kier molecular flexibility index (Phi) is 6.43. The fourth-order valence-electron chi connectivity index (χ4n) is 5.00. The number of benzene rings is 3. The van der Waals surface area contributed by atoms with Gasteiger partial charge in [0.15, 0.2) is 6.10 Å². The van der Waals surface area contributed by atoms with E-state index in [0.29, 0.717) is 27.5 Å². The quantitative estimate of drug-likeness (QED) is 0.243. The van der Waals surface area contributed by atoms with Gasteiger partial charge in [0.1, 0.15) is 16.9 Å². The molecule has 0 aliphatic heterocycles. The minimum atomic E-state index is -1.03. The number of nitriles is 1. The molecule has 8 heteroatoms. The summed E-state index contributed by atoms with van der Waals surface area (Å²) in [4.78, 5) is 35.5. The number of imidazole rings is 1. The van der Waals surface area contributed by atoms with E-state index in [1.807, 2.05) is 48.5 Å². The minimum absolute atomic E-state index is 0.278. The maximum absolute atomic E-state index is 13.3. The maximum atomic E-state index is 13.3. The first kappa shape index (κ1) is 24.6. The van der Waals surface area contributed by atoms with E-state index in [-0.39, 0.29) is 6.42 Å². The number of carbonyl (C=O) groups is 2. The molecular formula is C31H24N4O3S. The molecule has 0 saturated heterocycles. The molecule has 39 heavy (non-hydrogen) atoms. The van der Waals surface area contributed by atoms with E-state index in [9.17, 15) is 14.9 Å². The lowest BCUT2D eigenvalue weighted by Gasteiger charge is -2.16. The highest BCUT2D eigenvalue weighted by molar-refractivity contribution is 7.20. The Bertz CT molecular complexity index is 1750. The summed E-state index contributed by atoms with van der Waals surface area (Å²) < 4.78 is 5.72. The van der Waals surface area contributed by atoms with Gasteiger partial charge in [0, 0.05) is 10.4 Å². The lowest BCUT2D eigenvalue weighted by Crippen LogP contribution is -2.32. The normalized spacial score (nSPS) is 12.7. The molecule has 1 unspecified atom stereocenters. The Balaban J connectivity index is 1.24. The molecule has 2 N–H and O–H groups in total. The number of carbonyl (C=O) groups excluding carboxylic acids is 2. The molecule has 2 heterocycles. The lowest BCUT2D eigenvalue weighted by atomic mass is 9.90. The highest BCUT2D eigenvalue weighted by atomic mass is 32.1. The van der Waals surface area contributed by atoms with Gasteiger partial charge in [0.25, 0.3) is 5.91 Å². The van der Waals surface area contributed by atoms with E-state index in [4.69, 9.17) is 4.74 Å². The topological polar surface area (TPSA) is 108 Å². The fourth-order valence-corrected chi connectivity index (χ4v) is 6.27. The van der Waals surface area contributed by atoms with E-state index in [0.717, 1.165) is 39.9 Å². The van der Waals surface area contributed by atoms with Crippen molar-refractivity contribution in [1.82, 2.24) is 9.97 Å². The van der Waals surface area contributed by atoms with Crippen molar-refractivity contribution < 1.29 is 14.3 Å². The molecule has 2 aromatic heterocycles. The number of rotatable bonds is 6. The van der Waals surface area contributed by atoms with Crippen molar-refractivity contribution in [1.29, 1.82) is 5.26 Å². The molecule has 1 aliphatic carbocycles. The van der Waals surface area contributed by atoms with Crippen molar-refractivity contribution in [3.8, 4) is 27.9 Å². The number of amides is 1. The first-order valence-corrected chi connectivity index (χ1v) is 13.6. The van der Waals surface area contributed by atoms with Crippen LogP contribution in [0.1, 0.15) is 40.4 Å². The molecule has 3 aromatic carbocycles. The van der Waals surface area contributed by atoms with Crippen molar-refractivity contribution in [3.63, 3.8) is 0 Å². The second-order valence-electron chi connectivity index (χ2n) is 9.32. The second kappa shape index (κ2) is 10.2. The standard InChI is InChI=1S/C31H24N4O3S/c1-2-26(29(36)35-30-23(17-32)20-16-15-18-9-3-4-10-19(18)27(20)39-30)38-31(37)22-12-6-5-11-21(22)28-33-24-13-7-8-14-25(24)34-28/h3-14,26H,2,15-16H2,1H3,(H,33,34)(H,35,36). The zero-order valence-corrected chi connectivity index (χ0v) is 22.0. The van der Waals surface area contributed by atoms with Gasteiger partial charge < -0.3 is 15.0 Å². The maximum Gasteiger partial charge on any atom is 0.339 e. The molecule has 5 aromatic rings. The van der Waals surface area contributed by atoms with Gasteiger partial charge in [0.05, 0.1) is 22.2 Å². The van der Waals surface area contributed by atoms with Crippen LogP contribution in [0.25, 0.3) is 32.9 Å². The number of aromatic amines is 1. The summed E-state index contributed by atoms with van der Waals surface area (Å²) in [6.07, 6.45) is 0.841. The Labute approximate surface area is 229 Å². The number of aromatic nitrogens is 2. The number of nitrogens with zero attached hydrogens (tertiary/aromatic N) is 2. The molecular weight excluding hydrogens is 508 g/mol. The Morgan fingerprint density at radius 3 is 2.59 bits per heavy atom. The van der Waals surface area contributed by atoms with E-state index in [1.54, 1.807) is 25.1 Å². The van der Waals surface area contributed by atoms with Crippen molar-refractivity contribution in [2.75, 3.05) is 5.32 Å². The highest BCUT2D eigenvalue weighted by Gasteiger charge is 2.29. The van der Waals surface area contributed by atoms with Gasteiger partial charge in [-0.3, -0.25) is 4.79 Å². The van der Waals surface area contributed by atoms with Crippen LogP contribution in [0.15, 0.2) is 72.8 Å². The molecule has 1 aliphatic rings. The van der Waals surface area contributed by atoms with E-state index < -0.39 is 18.0 Å². The largest absolute Gasteiger partial charge is 0.449 e. The summed E-state index contributed by atoms with van der Waals surface area (Å²) >= 11 is 1.40. The van der Waals surface area contributed by atoms with Gasteiger partial charge in [0.2, 0.25) is 0 Å². The van der Waals surface area contributed by atoms with Gasteiger partial charge in [-0.1, -0.05) is 61.5 Å². The number of hydrogen-bond donors (Lipinski definition) is 2. The van der Waals surface area contributed by atoms with Gasteiger partial charge in [-0.25, -0.2) is 9.78 Å². The molecule has 192 valence electrons. The van der Waals surface area contributed by atoms with Crippen molar-refractivity contribution in [3.05, 3.63) is 95.1 Å². The summed E-state index contributed by atoms with van der Waals surface area (Å²) in [5.74, 6) is -0.534. The SMILES string of the molecule is CCC(OC(=O)c1ccccc1-c1nc2ccccc2[nH]1)C(=O)Nc1sc2c(c1C#N)CCc1ccccc1-2. The first-order chi connectivity index (χ1) is 19.1. The van der Waals surface area contributed by atoms with E-state index >= 15 is 0 Å². The van der Waals surface area contributed by atoms with Gasteiger partial charge in [-0.15, -0.1) is 11.3 Å². The summed E-state index contributed by atoms with van der Waals surface area (Å²) in [7, 11) is 0. The van der Waals surface area contributed by atoms with E-state index in [1.165, 1.54) is 16.9 Å². The number of para-hydroxylation sites is 2. The van der Waals surface area contributed by atoms with Gasteiger partial charge in [-0.2, -0.15) is 5.26 Å². The number of aryl methyl sites for hydroxylation is 1. The molecule has 0 saturated carbocycles. The second-order valence-corrected chi connectivity index (χ2v) is 10.3. The predicted octanol–water partition coefficient (Wildman–Crippen LogP) is 6.50. The molecule has 1 atom stereocenters. The molecule has 0 radical (unpaired) electrons. The Morgan fingerprint density at radius 2 is 1.79 bits per heavy atom. The van der Waals surface area contributed by atoms with Crippen LogP contribution >= 0.6 is 11.3 Å². The van der Waals surface area contributed by atoms with Crippen LogP contribution in [0.3, 0.4) is 0 Å². The molecule has 1 amide bonds. The summed E-state index contributed by atoms with van der Waals surface area (Å²) in [5.41, 5.74) is 6.32. The monoisotopic (exact) mass is 532 g/mol. The predicted molar refractivity (Wildman–Crippen MR) is 152 cm³/mol. The van der Waals surface area contributed by atoms with Crippen molar-refractivity contribution >= 4 is 39.2 Å². The zero-order valence-electron chi connectivity index (χ0n) is 21.2. The number of thiophene rings is 1. The third-order valence-electron chi connectivity index (χ3n) is 6.97. The molecule has 7 nitrogen and oxygen atoms in total.